The molecule has 1 aliphatic rings. The zero-order valence-electron chi connectivity index (χ0n) is 12.7. The Morgan fingerprint density at radius 1 is 1.55 bits per heavy atom. The van der Waals surface area contributed by atoms with E-state index in [0.29, 0.717) is 5.92 Å². The third-order valence-electron chi connectivity index (χ3n) is 3.86. The molecule has 1 aromatic rings. The normalized spacial score (nSPS) is 21.2. The quantitative estimate of drug-likeness (QED) is 0.912. The van der Waals surface area contributed by atoms with Crippen LogP contribution in [0.25, 0.3) is 0 Å². The van der Waals surface area contributed by atoms with Crippen molar-refractivity contribution in [2.45, 2.75) is 52.1 Å². The molecule has 0 spiro atoms. The van der Waals surface area contributed by atoms with Crippen LogP contribution in [-0.4, -0.2) is 39.7 Å². The lowest BCUT2D eigenvalue weighted by molar-refractivity contribution is -0.134. The van der Waals surface area contributed by atoms with Crippen molar-refractivity contribution in [3.05, 3.63) is 18.0 Å². The number of hydrogen-bond acceptors (Lipinski definition) is 3. The summed E-state index contributed by atoms with van der Waals surface area (Å²) in [5, 5.41) is 4.37. The number of aryl methyl sites for hydroxylation is 1. The smallest absolute Gasteiger partial charge is 0.239 e. The number of amides is 1. The van der Waals surface area contributed by atoms with E-state index in [4.69, 9.17) is 5.73 Å². The van der Waals surface area contributed by atoms with E-state index in [1.54, 1.807) is 0 Å². The summed E-state index contributed by atoms with van der Waals surface area (Å²) in [4.78, 5) is 14.3. The fourth-order valence-corrected chi connectivity index (χ4v) is 2.85. The van der Waals surface area contributed by atoms with E-state index in [1.165, 1.54) is 0 Å². The number of hydrogen-bond donors (Lipinski definition) is 1. The number of nitrogens with zero attached hydrogens (tertiary/aromatic N) is 3. The van der Waals surface area contributed by atoms with Crippen LogP contribution in [0.1, 0.15) is 44.7 Å². The monoisotopic (exact) mass is 278 g/mol. The van der Waals surface area contributed by atoms with Gasteiger partial charge in [0.15, 0.2) is 0 Å². The Morgan fingerprint density at radius 2 is 2.30 bits per heavy atom. The van der Waals surface area contributed by atoms with E-state index >= 15 is 0 Å². The summed E-state index contributed by atoms with van der Waals surface area (Å²) in [6, 6.07) is -0.0826. The minimum absolute atomic E-state index is 0.0901. The van der Waals surface area contributed by atoms with Gasteiger partial charge in [0.25, 0.3) is 0 Å². The molecular weight excluding hydrogens is 252 g/mol. The molecule has 2 atom stereocenters. The van der Waals surface area contributed by atoms with Gasteiger partial charge in [-0.2, -0.15) is 5.10 Å². The molecule has 5 nitrogen and oxygen atoms in total. The second-order valence-electron chi connectivity index (χ2n) is 6.31. The van der Waals surface area contributed by atoms with Crippen LogP contribution in [0.15, 0.2) is 12.4 Å². The average molecular weight is 278 g/mol. The van der Waals surface area contributed by atoms with Crippen LogP contribution in [0, 0.1) is 12.8 Å². The molecule has 1 amide bonds. The molecule has 20 heavy (non-hydrogen) atoms. The summed E-state index contributed by atoms with van der Waals surface area (Å²) in [6.45, 7) is 7.78. The van der Waals surface area contributed by atoms with Gasteiger partial charge in [-0.05, 0) is 37.7 Å². The van der Waals surface area contributed by atoms with Gasteiger partial charge in [0.05, 0.1) is 18.3 Å². The van der Waals surface area contributed by atoms with Crippen LogP contribution in [0.3, 0.4) is 0 Å². The lowest BCUT2D eigenvalue weighted by Gasteiger charge is -2.34. The van der Waals surface area contributed by atoms with Gasteiger partial charge in [-0.25, -0.2) is 0 Å². The van der Waals surface area contributed by atoms with Gasteiger partial charge >= 0.3 is 0 Å². The number of likely N-dealkylation sites (tertiary alicyclic amines) is 1. The largest absolute Gasteiger partial charge is 0.339 e. The van der Waals surface area contributed by atoms with Crippen molar-refractivity contribution in [3.8, 4) is 0 Å². The summed E-state index contributed by atoms with van der Waals surface area (Å²) < 4.78 is 1.99. The Hall–Kier alpha value is -1.36. The van der Waals surface area contributed by atoms with Gasteiger partial charge in [0.2, 0.25) is 5.91 Å². The second-order valence-corrected chi connectivity index (χ2v) is 6.31. The predicted octanol–water partition coefficient (Wildman–Crippen LogP) is 1.73. The van der Waals surface area contributed by atoms with Gasteiger partial charge in [0.1, 0.15) is 0 Å². The Labute approximate surface area is 121 Å². The Kier molecular flexibility index (Phi) is 4.81. The van der Waals surface area contributed by atoms with Gasteiger partial charge in [-0.3, -0.25) is 9.48 Å². The lowest BCUT2D eigenvalue weighted by atomic mass is 10.0. The van der Waals surface area contributed by atoms with Gasteiger partial charge < -0.3 is 10.6 Å². The molecule has 0 bridgehead atoms. The van der Waals surface area contributed by atoms with Crippen LogP contribution in [0.5, 0.6) is 0 Å². The number of carbonyl (C=O) groups excluding carboxylic acids is 1. The van der Waals surface area contributed by atoms with Crippen LogP contribution in [-0.2, 0) is 4.79 Å². The molecule has 0 radical (unpaired) electrons. The van der Waals surface area contributed by atoms with Crippen molar-refractivity contribution in [2.75, 3.05) is 13.1 Å². The van der Waals surface area contributed by atoms with Crippen molar-refractivity contribution in [1.82, 2.24) is 14.7 Å². The molecule has 2 heterocycles. The highest BCUT2D eigenvalue weighted by Crippen LogP contribution is 2.22. The highest BCUT2D eigenvalue weighted by atomic mass is 16.2. The molecule has 0 aliphatic carbocycles. The molecule has 5 heteroatoms. The van der Waals surface area contributed by atoms with Crippen molar-refractivity contribution >= 4 is 5.91 Å². The van der Waals surface area contributed by atoms with Gasteiger partial charge in [-0.15, -0.1) is 0 Å². The summed E-state index contributed by atoms with van der Waals surface area (Å²) in [7, 11) is 0. The number of carbonyl (C=O) groups is 1. The maximum Gasteiger partial charge on any atom is 0.239 e. The highest BCUT2D eigenvalue weighted by molar-refractivity contribution is 5.81. The first-order valence-corrected chi connectivity index (χ1v) is 7.52. The van der Waals surface area contributed by atoms with Crippen molar-refractivity contribution in [3.63, 3.8) is 0 Å². The van der Waals surface area contributed by atoms with Crippen LogP contribution < -0.4 is 5.73 Å². The molecule has 1 aliphatic heterocycles. The van der Waals surface area contributed by atoms with Crippen molar-refractivity contribution in [2.24, 2.45) is 11.7 Å². The summed E-state index contributed by atoms with van der Waals surface area (Å²) in [5.41, 5.74) is 7.18. The van der Waals surface area contributed by atoms with Crippen molar-refractivity contribution in [1.29, 1.82) is 0 Å². The zero-order valence-corrected chi connectivity index (χ0v) is 12.7. The molecular formula is C15H26N4O. The number of nitrogens with two attached hydrogens (primary N) is 1. The molecule has 1 fully saturated rings. The first kappa shape index (κ1) is 15.0. The van der Waals surface area contributed by atoms with E-state index in [-0.39, 0.29) is 18.0 Å². The molecule has 0 saturated carbocycles. The molecule has 1 aromatic heterocycles. The lowest BCUT2D eigenvalue weighted by Crippen LogP contribution is -2.48. The fraction of sp³-hybridized carbons (Fsp3) is 0.733. The SMILES string of the molecule is Cc1cnn(C2CCCN(C(=O)[C@@H](N)CC(C)C)C2)c1. The average Bonchev–Trinajstić information content (AvgIpc) is 2.84. The third kappa shape index (κ3) is 3.60. The van der Waals surface area contributed by atoms with E-state index in [9.17, 15) is 4.79 Å². The second kappa shape index (κ2) is 6.39. The summed E-state index contributed by atoms with van der Waals surface area (Å²) >= 11 is 0. The molecule has 1 saturated heterocycles. The Balaban J connectivity index is 1.98. The number of rotatable bonds is 4. The van der Waals surface area contributed by atoms with Crippen LogP contribution in [0.4, 0.5) is 0 Å². The standard InChI is InChI=1S/C15H26N4O/c1-11(2)7-14(16)15(20)18-6-4-5-13(10-18)19-9-12(3)8-17-19/h8-9,11,13-14H,4-7,10,16H2,1-3H3/t13?,14-/m0/s1. The molecule has 0 aromatic carbocycles. The summed E-state index contributed by atoms with van der Waals surface area (Å²) in [5.74, 6) is 0.538. The van der Waals surface area contributed by atoms with Gasteiger partial charge in [0, 0.05) is 19.3 Å². The zero-order chi connectivity index (χ0) is 14.7. The maximum absolute atomic E-state index is 12.4. The molecule has 1 unspecified atom stereocenters. The van der Waals surface area contributed by atoms with E-state index < -0.39 is 0 Å². The third-order valence-corrected chi connectivity index (χ3v) is 3.86. The number of piperidine rings is 1. The number of aromatic nitrogens is 2. The molecule has 112 valence electrons. The molecule has 2 N–H and O–H groups in total. The fourth-order valence-electron chi connectivity index (χ4n) is 2.85. The Morgan fingerprint density at radius 3 is 2.90 bits per heavy atom. The summed E-state index contributed by atoms with van der Waals surface area (Å²) in [6.07, 6.45) is 6.76. The first-order valence-electron chi connectivity index (χ1n) is 7.52. The Bertz CT molecular complexity index is 454. The maximum atomic E-state index is 12.4. The molecule has 2 rings (SSSR count). The van der Waals surface area contributed by atoms with Gasteiger partial charge in [-0.1, -0.05) is 13.8 Å². The van der Waals surface area contributed by atoms with E-state index in [2.05, 4.69) is 18.9 Å². The van der Waals surface area contributed by atoms with E-state index in [1.807, 2.05) is 28.9 Å². The topological polar surface area (TPSA) is 64.2 Å². The van der Waals surface area contributed by atoms with E-state index in [0.717, 1.165) is 37.9 Å². The minimum Gasteiger partial charge on any atom is -0.339 e. The minimum atomic E-state index is -0.367. The first-order chi connectivity index (χ1) is 9.47. The van der Waals surface area contributed by atoms with Crippen LogP contribution >= 0.6 is 0 Å². The highest BCUT2D eigenvalue weighted by Gasteiger charge is 2.28. The van der Waals surface area contributed by atoms with Crippen molar-refractivity contribution < 1.29 is 4.79 Å². The predicted molar refractivity (Wildman–Crippen MR) is 79.2 cm³/mol. The van der Waals surface area contributed by atoms with Crippen LogP contribution in [0.2, 0.25) is 0 Å².